The molecule has 0 aliphatic carbocycles. The number of piperidine rings is 1. The Hall–Kier alpha value is -2.49. The number of para-hydroxylation sites is 2. The minimum atomic E-state index is -3.61. The predicted octanol–water partition coefficient (Wildman–Crippen LogP) is 4.06. The van der Waals surface area contributed by atoms with Gasteiger partial charge >= 0.3 is 0 Å². The van der Waals surface area contributed by atoms with Gasteiger partial charge < -0.3 is 5.32 Å². The molecule has 1 aromatic heterocycles. The van der Waals surface area contributed by atoms with Gasteiger partial charge in [-0.2, -0.15) is 9.40 Å². The van der Waals surface area contributed by atoms with Crippen LogP contribution in [0.1, 0.15) is 29.6 Å². The number of anilines is 1. The van der Waals surface area contributed by atoms with E-state index in [1.165, 1.54) is 16.4 Å². The first kappa shape index (κ1) is 20.8. The van der Waals surface area contributed by atoms with Crippen LogP contribution < -0.4 is 5.32 Å². The molecule has 1 aliphatic rings. The van der Waals surface area contributed by atoms with Gasteiger partial charge in [-0.3, -0.25) is 4.79 Å². The average molecular weight is 489 g/mol. The second kappa shape index (κ2) is 8.71. The third-order valence-corrected chi connectivity index (χ3v) is 7.30. The highest BCUT2D eigenvalue weighted by Gasteiger charge is 2.26. The summed E-state index contributed by atoms with van der Waals surface area (Å²) in [6.45, 7) is 1.04. The molecule has 0 radical (unpaired) electrons. The van der Waals surface area contributed by atoms with Crippen LogP contribution in [-0.4, -0.2) is 41.5 Å². The van der Waals surface area contributed by atoms with Crippen molar-refractivity contribution in [2.45, 2.75) is 24.2 Å². The van der Waals surface area contributed by atoms with E-state index in [1.54, 1.807) is 35.3 Å². The third kappa shape index (κ3) is 4.33. The van der Waals surface area contributed by atoms with E-state index in [0.29, 0.717) is 24.5 Å². The molecule has 0 saturated carbocycles. The van der Waals surface area contributed by atoms with Crippen LogP contribution in [0.3, 0.4) is 0 Å². The lowest BCUT2D eigenvalue weighted by Crippen LogP contribution is -2.35. The standard InChI is InChI=1S/C21H21BrN4O3S/c22-17-14-23-26(15-17)20-10-3-2-9-19(20)24-21(27)16-7-6-8-18(13-16)30(28,29)25-11-4-1-5-12-25/h2-3,6-10,13-15H,1,4-5,11-12H2,(H,24,27). The Balaban J connectivity index is 1.59. The van der Waals surface area contributed by atoms with Gasteiger partial charge in [0.15, 0.2) is 0 Å². The molecule has 1 N–H and O–H groups in total. The van der Waals surface area contributed by atoms with Crippen LogP contribution in [-0.2, 0) is 10.0 Å². The van der Waals surface area contributed by atoms with Crippen LogP contribution in [0.25, 0.3) is 5.69 Å². The van der Waals surface area contributed by atoms with Crippen molar-refractivity contribution in [2.24, 2.45) is 0 Å². The molecule has 0 atom stereocenters. The summed E-state index contributed by atoms with van der Waals surface area (Å²) >= 11 is 3.37. The first-order valence-electron chi connectivity index (χ1n) is 9.66. The number of hydrogen-bond acceptors (Lipinski definition) is 4. The topological polar surface area (TPSA) is 84.3 Å². The molecule has 156 valence electrons. The van der Waals surface area contributed by atoms with Gasteiger partial charge in [0.1, 0.15) is 0 Å². The number of rotatable bonds is 5. The van der Waals surface area contributed by atoms with Gasteiger partial charge in [-0.05, 0) is 59.1 Å². The number of carbonyl (C=O) groups is 1. The normalized spacial score (nSPS) is 15.1. The van der Waals surface area contributed by atoms with Crippen LogP contribution in [0.15, 0.2) is 70.3 Å². The third-order valence-electron chi connectivity index (χ3n) is 5.00. The molecule has 0 spiro atoms. The van der Waals surface area contributed by atoms with E-state index in [-0.39, 0.29) is 16.4 Å². The average Bonchev–Trinajstić information content (AvgIpc) is 3.21. The lowest BCUT2D eigenvalue weighted by molar-refractivity contribution is 0.102. The lowest BCUT2D eigenvalue weighted by Gasteiger charge is -2.26. The number of nitrogens with one attached hydrogen (secondary N) is 1. The Morgan fingerprint density at radius 2 is 1.80 bits per heavy atom. The summed E-state index contributed by atoms with van der Waals surface area (Å²) < 4.78 is 29.8. The summed E-state index contributed by atoms with van der Waals surface area (Å²) in [6, 6.07) is 13.5. The number of amides is 1. The van der Waals surface area contributed by atoms with Crippen molar-refractivity contribution in [3.63, 3.8) is 0 Å². The van der Waals surface area contributed by atoms with Crippen LogP contribution in [0.4, 0.5) is 5.69 Å². The van der Waals surface area contributed by atoms with Gasteiger partial charge in [-0.25, -0.2) is 13.1 Å². The highest BCUT2D eigenvalue weighted by molar-refractivity contribution is 9.10. The Morgan fingerprint density at radius 1 is 1.03 bits per heavy atom. The highest BCUT2D eigenvalue weighted by Crippen LogP contribution is 2.24. The summed E-state index contributed by atoms with van der Waals surface area (Å²) in [4.78, 5) is 13.0. The van der Waals surface area contributed by atoms with Gasteiger partial charge in [0, 0.05) is 24.8 Å². The minimum absolute atomic E-state index is 0.140. The molecule has 2 aromatic carbocycles. The summed E-state index contributed by atoms with van der Waals surface area (Å²) in [7, 11) is -3.61. The molecular formula is C21H21BrN4O3S. The van der Waals surface area contributed by atoms with E-state index in [9.17, 15) is 13.2 Å². The molecule has 1 fully saturated rings. The Kier molecular flexibility index (Phi) is 6.03. The molecule has 1 amide bonds. The van der Waals surface area contributed by atoms with Crippen molar-refractivity contribution >= 4 is 37.5 Å². The first-order valence-corrected chi connectivity index (χ1v) is 11.9. The molecule has 0 bridgehead atoms. The van der Waals surface area contributed by atoms with Crippen molar-refractivity contribution in [1.82, 2.24) is 14.1 Å². The second-order valence-corrected chi connectivity index (χ2v) is 9.92. The Morgan fingerprint density at radius 3 is 2.53 bits per heavy atom. The smallest absolute Gasteiger partial charge is 0.255 e. The molecule has 2 heterocycles. The highest BCUT2D eigenvalue weighted by atomic mass is 79.9. The van der Waals surface area contributed by atoms with E-state index in [0.717, 1.165) is 23.7 Å². The molecule has 30 heavy (non-hydrogen) atoms. The zero-order chi connectivity index (χ0) is 21.1. The maximum Gasteiger partial charge on any atom is 0.255 e. The molecule has 9 heteroatoms. The monoisotopic (exact) mass is 488 g/mol. The van der Waals surface area contributed by atoms with E-state index < -0.39 is 10.0 Å². The molecule has 7 nitrogen and oxygen atoms in total. The van der Waals surface area contributed by atoms with Crippen LogP contribution in [0.2, 0.25) is 0 Å². The zero-order valence-electron chi connectivity index (χ0n) is 16.2. The summed E-state index contributed by atoms with van der Waals surface area (Å²) in [5, 5.41) is 7.13. The summed E-state index contributed by atoms with van der Waals surface area (Å²) in [5.41, 5.74) is 1.56. The largest absolute Gasteiger partial charge is 0.320 e. The molecule has 1 aliphatic heterocycles. The van der Waals surface area contributed by atoms with Crippen molar-refractivity contribution in [1.29, 1.82) is 0 Å². The molecule has 0 unspecified atom stereocenters. The van der Waals surface area contributed by atoms with Crippen LogP contribution in [0.5, 0.6) is 0 Å². The zero-order valence-corrected chi connectivity index (χ0v) is 18.6. The fourth-order valence-electron chi connectivity index (χ4n) is 3.46. The van der Waals surface area contributed by atoms with Crippen molar-refractivity contribution in [3.05, 3.63) is 71.0 Å². The van der Waals surface area contributed by atoms with Crippen LogP contribution >= 0.6 is 15.9 Å². The number of aromatic nitrogens is 2. The summed E-state index contributed by atoms with van der Waals surface area (Å²) in [6.07, 6.45) is 6.21. The van der Waals surface area contributed by atoms with E-state index in [4.69, 9.17) is 0 Å². The molecular weight excluding hydrogens is 468 g/mol. The van der Waals surface area contributed by atoms with Gasteiger partial charge in [-0.15, -0.1) is 0 Å². The van der Waals surface area contributed by atoms with Gasteiger partial charge in [-0.1, -0.05) is 24.6 Å². The van der Waals surface area contributed by atoms with Crippen molar-refractivity contribution < 1.29 is 13.2 Å². The first-order chi connectivity index (χ1) is 14.4. The van der Waals surface area contributed by atoms with Gasteiger partial charge in [0.25, 0.3) is 5.91 Å². The van der Waals surface area contributed by atoms with Crippen LogP contribution in [0, 0.1) is 0 Å². The number of carbonyl (C=O) groups excluding carboxylic acids is 1. The molecule has 3 aromatic rings. The van der Waals surface area contributed by atoms with Gasteiger partial charge in [0.05, 0.1) is 26.9 Å². The van der Waals surface area contributed by atoms with Crippen molar-refractivity contribution in [3.8, 4) is 5.69 Å². The Bertz CT molecular complexity index is 1170. The summed E-state index contributed by atoms with van der Waals surface area (Å²) in [5.74, 6) is -0.385. The SMILES string of the molecule is O=C(Nc1ccccc1-n1cc(Br)cn1)c1cccc(S(=O)(=O)N2CCCCC2)c1. The van der Waals surface area contributed by atoms with E-state index in [2.05, 4.69) is 26.3 Å². The Labute approximate surface area is 183 Å². The number of hydrogen-bond donors (Lipinski definition) is 1. The fraction of sp³-hybridized carbons (Fsp3) is 0.238. The number of nitrogens with zero attached hydrogens (tertiary/aromatic N) is 3. The number of benzene rings is 2. The van der Waals surface area contributed by atoms with E-state index >= 15 is 0 Å². The predicted molar refractivity (Wildman–Crippen MR) is 118 cm³/mol. The van der Waals surface area contributed by atoms with Crippen molar-refractivity contribution in [2.75, 3.05) is 18.4 Å². The molecule has 1 saturated heterocycles. The second-order valence-electron chi connectivity index (χ2n) is 7.07. The fourth-order valence-corrected chi connectivity index (χ4v) is 5.31. The maximum atomic E-state index is 12.9. The molecule has 4 rings (SSSR count). The minimum Gasteiger partial charge on any atom is -0.320 e. The maximum absolute atomic E-state index is 12.9. The number of halogens is 1. The number of sulfonamides is 1. The van der Waals surface area contributed by atoms with Gasteiger partial charge in [0.2, 0.25) is 10.0 Å². The quantitative estimate of drug-likeness (QED) is 0.586. The van der Waals surface area contributed by atoms with E-state index in [1.807, 2.05) is 18.2 Å². The lowest BCUT2D eigenvalue weighted by atomic mass is 10.2.